The molecule has 0 bridgehead atoms. The molecule has 0 radical (unpaired) electrons. The topological polar surface area (TPSA) is 48.4 Å². The third-order valence-corrected chi connectivity index (χ3v) is 4.27. The molecule has 7 heteroatoms. The molecule has 3 rings (SSSR count). The van der Waals surface area contributed by atoms with Gasteiger partial charge in [-0.05, 0) is 37.1 Å². The summed E-state index contributed by atoms with van der Waals surface area (Å²) in [5, 5.41) is 0.0923. The molecule has 2 atom stereocenters. The van der Waals surface area contributed by atoms with Crippen LogP contribution in [0.3, 0.4) is 0 Å². The predicted octanol–water partition coefficient (Wildman–Crippen LogP) is 4.18. The van der Waals surface area contributed by atoms with Crippen molar-refractivity contribution in [2.45, 2.75) is 26.4 Å². The maximum absolute atomic E-state index is 14.2. The molecular weight excluding hydrogens is 352 g/mol. The minimum Gasteiger partial charge on any atom is -0.463 e. The van der Waals surface area contributed by atoms with Crippen LogP contribution in [0.1, 0.15) is 19.4 Å². The van der Waals surface area contributed by atoms with Crippen molar-refractivity contribution in [1.82, 2.24) is 4.98 Å². The largest absolute Gasteiger partial charge is 0.463 e. The van der Waals surface area contributed by atoms with E-state index >= 15 is 0 Å². The van der Waals surface area contributed by atoms with Crippen molar-refractivity contribution in [3.8, 4) is 17.0 Å². The minimum absolute atomic E-state index is 0.0923. The fourth-order valence-corrected chi connectivity index (χ4v) is 3.12. The van der Waals surface area contributed by atoms with Gasteiger partial charge in [0.2, 0.25) is 5.88 Å². The number of esters is 1. The van der Waals surface area contributed by atoms with E-state index in [4.69, 9.17) is 21.1 Å². The zero-order valence-corrected chi connectivity index (χ0v) is 14.4. The number of pyridine rings is 1. The van der Waals surface area contributed by atoms with Gasteiger partial charge in [0.1, 0.15) is 16.8 Å². The molecule has 2 unspecified atom stereocenters. The van der Waals surface area contributed by atoms with Crippen LogP contribution in [0.25, 0.3) is 11.1 Å². The van der Waals surface area contributed by atoms with Crippen molar-refractivity contribution < 1.29 is 23.0 Å². The number of hydrogen-bond acceptors (Lipinski definition) is 4. The average Bonchev–Trinajstić information content (AvgIpc) is 2.54. The van der Waals surface area contributed by atoms with Gasteiger partial charge in [-0.3, -0.25) is 0 Å². The van der Waals surface area contributed by atoms with Gasteiger partial charge in [-0.2, -0.15) is 0 Å². The third-order valence-electron chi connectivity index (χ3n) is 4.08. The van der Waals surface area contributed by atoms with Crippen LogP contribution in [0.4, 0.5) is 8.78 Å². The van der Waals surface area contributed by atoms with Crippen LogP contribution in [-0.2, 0) is 16.0 Å². The van der Waals surface area contributed by atoms with Gasteiger partial charge in [0, 0.05) is 23.1 Å². The summed E-state index contributed by atoms with van der Waals surface area (Å²) in [6, 6.07) is 4.84. The number of carbonyl (C=O) groups excluding carboxylic acids is 1. The number of hydrogen-bond donors (Lipinski definition) is 0. The molecule has 1 aliphatic heterocycles. The van der Waals surface area contributed by atoms with Crippen LogP contribution in [0, 0.1) is 17.6 Å². The fraction of sp³-hybridized carbons (Fsp3) is 0.333. The molecule has 0 spiro atoms. The molecule has 0 saturated carbocycles. The van der Waals surface area contributed by atoms with E-state index in [1.54, 1.807) is 6.92 Å². The Morgan fingerprint density at radius 1 is 1.36 bits per heavy atom. The van der Waals surface area contributed by atoms with Gasteiger partial charge in [0.15, 0.2) is 6.10 Å². The first kappa shape index (κ1) is 17.6. The third kappa shape index (κ3) is 3.44. The van der Waals surface area contributed by atoms with Gasteiger partial charge in [-0.1, -0.05) is 18.5 Å². The average molecular weight is 368 g/mol. The van der Waals surface area contributed by atoms with E-state index in [-0.39, 0.29) is 29.1 Å². The molecule has 132 valence electrons. The molecule has 0 fully saturated rings. The van der Waals surface area contributed by atoms with Crippen LogP contribution in [0.2, 0.25) is 5.15 Å². The molecule has 1 aromatic heterocycles. The summed E-state index contributed by atoms with van der Waals surface area (Å²) in [4.78, 5) is 16.2. The number of aromatic nitrogens is 1. The van der Waals surface area contributed by atoms with Crippen LogP contribution in [0.5, 0.6) is 5.88 Å². The van der Waals surface area contributed by atoms with E-state index in [0.29, 0.717) is 17.5 Å². The lowest BCUT2D eigenvalue weighted by molar-refractivity contribution is -0.154. The predicted molar refractivity (Wildman–Crippen MR) is 88.5 cm³/mol. The highest BCUT2D eigenvalue weighted by Gasteiger charge is 2.36. The Morgan fingerprint density at radius 2 is 2.12 bits per heavy atom. The highest BCUT2D eigenvalue weighted by molar-refractivity contribution is 6.29. The summed E-state index contributed by atoms with van der Waals surface area (Å²) in [6.45, 7) is 3.79. The highest BCUT2D eigenvalue weighted by Crippen LogP contribution is 2.39. The van der Waals surface area contributed by atoms with Gasteiger partial charge in [-0.15, -0.1) is 0 Å². The number of rotatable bonds is 3. The number of fused-ring (bicyclic) bond motifs is 1. The van der Waals surface area contributed by atoms with Crippen molar-refractivity contribution in [2.75, 3.05) is 6.61 Å². The summed E-state index contributed by atoms with van der Waals surface area (Å²) in [7, 11) is 0. The Kier molecular flexibility index (Phi) is 4.90. The Morgan fingerprint density at radius 3 is 2.80 bits per heavy atom. The first-order valence-corrected chi connectivity index (χ1v) is 8.26. The summed E-state index contributed by atoms with van der Waals surface area (Å²) < 4.78 is 38.1. The molecule has 4 nitrogen and oxygen atoms in total. The second kappa shape index (κ2) is 6.96. The van der Waals surface area contributed by atoms with E-state index < -0.39 is 23.7 Å². The van der Waals surface area contributed by atoms with Crippen molar-refractivity contribution in [1.29, 1.82) is 0 Å². The molecular formula is C18H16ClF2NO3. The maximum atomic E-state index is 14.2. The van der Waals surface area contributed by atoms with Crippen LogP contribution < -0.4 is 4.74 Å². The quantitative estimate of drug-likeness (QED) is 0.603. The van der Waals surface area contributed by atoms with Gasteiger partial charge in [-0.25, -0.2) is 18.6 Å². The fourth-order valence-electron chi connectivity index (χ4n) is 2.93. The SMILES string of the molecule is CCOC(=O)C1Oc2nc(Cl)cc(-c3ccc(F)cc3F)c2CC1C. The van der Waals surface area contributed by atoms with E-state index in [2.05, 4.69) is 4.98 Å². The van der Waals surface area contributed by atoms with Crippen molar-refractivity contribution in [3.63, 3.8) is 0 Å². The molecule has 0 N–H and O–H groups in total. The summed E-state index contributed by atoms with van der Waals surface area (Å²) in [5.74, 6) is -1.87. The molecule has 2 heterocycles. The first-order chi connectivity index (χ1) is 11.9. The van der Waals surface area contributed by atoms with E-state index in [1.807, 2.05) is 6.92 Å². The lowest BCUT2D eigenvalue weighted by Crippen LogP contribution is -2.40. The van der Waals surface area contributed by atoms with Crippen molar-refractivity contribution in [3.05, 3.63) is 46.6 Å². The summed E-state index contributed by atoms with van der Waals surface area (Å²) in [6.07, 6.45) is -0.376. The van der Waals surface area contributed by atoms with Crippen LogP contribution in [0.15, 0.2) is 24.3 Å². The second-order valence-electron chi connectivity index (χ2n) is 5.87. The van der Waals surface area contributed by atoms with Gasteiger partial charge in [0.05, 0.1) is 6.61 Å². The minimum atomic E-state index is -0.802. The van der Waals surface area contributed by atoms with Gasteiger partial charge < -0.3 is 9.47 Å². The van der Waals surface area contributed by atoms with Crippen molar-refractivity contribution in [2.24, 2.45) is 5.92 Å². The van der Waals surface area contributed by atoms with Crippen molar-refractivity contribution >= 4 is 17.6 Å². The number of carbonyl (C=O) groups is 1. The molecule has 1 aromatic carbocycles. The number of nitrogens with zero attached hydrogens (tertiary/aromatic N) is 1. The monoisotopic (exact) mass is 367 g/mol. The molecule has 25 heavy (non-hydrogen) atoms. The molecule has 1 aliphatic rings. The first-order valence-electron chi connectivity index (χ1n) is 7.88. The lowest BCUT2D eigenvalue weighted by atomic mass is 9.89. The zero-order chi connectivity index (χ0) is 18.1. The van der Waals surface area contributed by atoms with E-state index in [0.717, 1.165) is 6.07 Å². The molecule has 0 amide bonds. The Balaban J connectivity index is 2.06. The lowest BCUT2D eigenvalue weighted by Gasteiger charge is -2.30. The standard InChI is InChI=1S/C18H16ClF2NO3/c1-3-24-18(23)16-9(2)6-13-12(8-15(19)22-17(13)25-16)11-5-4-10(20)7-14(11)21/h4-5,7-9,16H,3,6H2,1-2H3. The summed E-state index contributed by atoms with van der Waals surface area (Å²) >= 11 is 6.04. The smallest absolute Gasteiger partial charge is 0.347 e. The Hall–Kier alpha value is -2.21. The van der Waals surface area contributed by atoms with Gasteiger partial charge >= 0.3 is 5.97 Å². The molecule has 0 aliphatic carbocycles. The molecule has 0 saturated heterocycles. The number of benzene rings is 1. The zero-order valence-electron chi connectivity index (χ0n) is 13.7. The summed E-state index contributed by atoms with van der Waals surface area (Å²) in [5.41, 5.74) is 1.30. The second-order valence-corrected chi connectivity index (χ2v) is 6.26. The maximum Gasteiger partial charge on any atom is 0.347 e. The number of ether oxygens (including phenoxy) is 2. The van der Waals surface area contributed by atoms with Crippen LogP contribution in [-0.4, -0.2) is 23.7 Å². The highest BCUT2D eigenvalue weighted by atomic mass is 35.5. The molecule has 2 aromatic rings. The Bertz CT molecular complexity index is 828. The normalized spacial score (nSPS) is 19.1. The Labute approximate surface area is 148 Å². The number of halogens is 3. The van der Waals surface area contributed by atoms with E-state index in [9.17, 15) is 13.6 Å². The van der Waals surface area contributed by atoms with E-state index in [1.165, 1.54) is 18.2 Å². The van der Waals surface area contributed by atoms with Gasteiger partial charge in [0.25, 0.3) is 0 Å². The van der Waals surface area contributed by atoms with Crippen LogP contribution >= 0.6 is 11.6 Å².